The van der Waals surface area contributed by atoms with Crippen molar-refractivity contribution in [2.75, 3.05) is 5.75 Å². The number of carbonyl (C=O) groups excluding carboxylic acids is 2. The summed E-state index contributed by atoms with van der Waals surface area (Å²) in [5.74, 6) is -0.345. The quantitative estimate of drug-likeness (QED) is 0.558. The molecule has 0 spiro atoms. The maximum Gasteiger partial charge on any atom is 0.304 e. The molecule has 78 valence electrons. The maximum atomic E-state index is 11.3. The first-order valence-electron chi connectivity index (χ1n) is 4.10. The highest BCUT2D eigenvalue weighted by atomic mass is 32.2. The van der Waals surface area contributed by atoms with Gasteiger partial charge in [-0.15, -0.1) is 11.8 Å². The maximum absolute atomic E-state index is 11.3. The van der Waals surface area contributed by atoms with E-state index >= 15 is 0 Å². The number of ether oxygens (including phenoxy) is 1. The Kier molecular flexibility index (Phi) is 3.54. The van der Waals surface area contributed by atoms with Gasteiger partial charge >= 0.3 is 5.97 Å². The lowest BCUT2D eigenvalue weighted by Crippen LogP contribution is -2.33. The standard InChI is InChI=1S/C8H11NO4S/c1-3-14-6-4-7(13-5(2)10)9(12)8(6)11/h4,7,12H,3H2,1-2H3. The van der Waals surface area contributed by atoms with Gasteiger partial charge < -0.3 is 4.74 Å². The lowest BCUT2D eigenvalue weighted by atomic mass is 10.5. The van der Waals surface area contributed by atoms with Crippen molar-refractivity contribution in [3.05, 3.63) is 11.0 Å². The van der Waals surface area contributed by atoms with Gasteiger partial charge in [-0.05, 0) is 11.8 Å². The summed E-state index contributed by atoms with van der Waals surface area (Å²) < 4.78 is 4.70. The lowest BCUT2D eigenvalue weighted by molar-refractivity contribution is -0.198. The van der Waals surface area contributed by atoms with Crippen LogP contribution < -0.4 is 0 Å². The van der Waals surface area contributed by atoms with E-state index in [1.54, 1.807) is 0 Å². The van der Waals surface area contributed by atoms with Crippen LogP contribution in [0.2, 0.25) is 0 Å². The molecule has 1 heterocycles. The van der Waals surface area contributed by atoms with E-state index in [-0.39, 0.29) is 0 Å². The molecule has 1 unspecified atom stereocenters. The molecule has 1 aliphatic rings. The minimum Gasteiger partial charge on any atom is -0.436 e. The van der Waals surface area contributed by atoms with E-state index in [9.17, 15) is 14.8 Å². The van der Waals surface area contributed by atoms with Gasteiger partial charge in [0.05, 0.1) is 4.91 Å². The highest BCUT2D eigenvalue weighted by molar-refractivity contribution is 8.03. The average molecular weight is 217 g/mol. The van der Waals surface area contributed by atoms with Gasteiger partial charge in [-0.25, -0.2) is 0 Å². The second-order valence-corrected chi connectivity index (χ2v) is 3.92. The van der Waals surface area contributed by atoms with Gasteiger partial charge in [-0.1, -0.05) is 6.92 Å². The van der Waals surface area contributed by atoms with Gasteiger partial charge in [0.25, 0.3) is 5.91 Å². The number of nitrogens with zero attached hydrogens (tertiary/aromatic N) is 1. The van der Waals surface area contributed by atoms with Crippen LogP contribution in [-0.4, -0.2) is 34.1 Å². The first-order chi connectivity index (χ1) is 6.56. The van der Waals surface area contributed by atoms with Crippen molar-refractivity contribution in [3.8, 4) is 0 Å². The number of amides is 1. The Morgan fingerprint density at radius 3 is 2.93 bits per heavy atom. The third-order valence-electron chi connectivity index (χ3n) is 1.54. The van der Waals surface area contributed by atoms with Crippen molar-refractivity contribution in [1.82, 2.24) is 5.06 Å². The zero-order valence-corrected chi connectivity index (χ0v) is 8.71. The third-order valence-corrected chi connectivity index (χ3v) is 2.45. The number of esters is 1. The van der Waals surface area contributed by atoms with Crippen molar-refractivity contribution < 1.29 is 19.5 Å². The summed E-state index contributed by atoms with van der Waals surface area (Å²) in [5, 5.41) is 9.66. The number of rotatable bonds is 3. The van der Waals surface area contributed by atoms with Crippen LogP contribution in [-0.2, 0) is 14.3 Å². The van der Waals surface area contributed by atoms with E-state index in [2.05, 4.69) is 0 Å². The van der Waals surface area contributed by atoms with E-state index in [1.807, 2.05) is 6.92 Å². The second-order valence-electron chi connectivity index (χ2n) is 2.61. The minimum atomic E-state index is -0.978. The topological polar surface area (TPSA) is 66.8 Å². The first kappa shape index (κ1) is 11.1. The van der Waals surface area contributed by atoms with Gasteiger partial charge in [0.2, 0.25) is 6.23 Å². The summed E-state index contributed by atoms with van der Waals surface area (Å²) in [6.07, 6.45) is 0.451. The molecule has 0 saturated heterocycles. The minimum absolute atomic E-state index is 0.404. The Balaban J connectivity index is 2.70. The molecule has 5 nitrogen and oxygen atoms in total. The molecule has 1 rings (SSSR count). The normalized spacial score (nSPS) is 21.1. The molecule has 1 aliphatic heterocycles. The Morgan fingerprint density at radius 1 is 1.79 bits per heavy atom. The van der Waals surface area contributed by atoms with Crippen LogP contribution in [0.25, 0.3) is 0 Å². The molecule has 0 aromatic heterocycles. The van der Waals surface area contributed by atoms with Gasteiger partial charge in [0.1, 0.15) is 0 Å². The predicted molar refractivity (Wildman–Crippen MR) is 50.4 cm³/mol. The molecule has 0 radical (unpaired) electrons. The number of hydrogen-bond donors (Lipinski definition) is 1. The summed E-state index contributed by atoms with van der Waals surface area (Å²) in [4.78, 5) is 22.3. The highest BCUT2D eigenvalue weighted by Crippen LogP contribution is 2.26. The van der Waals surface area contributed by atoms with Gasteiger partial charge in [0, 0.05) is 6.92 Å². The van der Waals surface area contributed by atoms with Crippen molar-refractivity contribution in [2.45, 2.75) is 20.1 Å². The monoisotopic (exact) mass is 217 g/mol. The fourth-order valence-electron chi connectivity index (χ4n) is 1.02. The molecule has 1 N–H and O–H groups in total. The number of carbonyl (C=O) groups is 2. The summed E-state index contributed by atoms with van der Waals surface area (Å²) in [7, 11) is 0. The molecule has 0 aromatic carbocycles. The molecule has 6 heteroatoms. The Morgan fingerprint density at radius 2 is 2.43 bits per heavy atom. The van der Waals surface area contributed by atoms with E-state index < -0.39 is 18.1 Å². The SMILES string of the molecule is CCSC1=CC(OC(C)=O)N(O)C1=O. The number of thioether (sulfide) groups is 1. The first-order valence-corrected chi connectivity index (χ1v) is 5.09. The number of hydroxylamine groups is 2. The van der Waals surface area contributed by atoms with Gasteiger partial charge in [0.15, 0.2) is 0 Å². The fourth-order valence-corrected chi connectivity index (χ4v) is 1.76. The largest absolute Gasteiger partial charge is 0.436 e. The Bertz CT molecular complexity index is 289. The molecular formula is C8H11NO4S. The molecule has 0 saturated carbocycles. The summed E-state index contributed by atoms with van der Waals surface area (Å²) in [5.41, 5.74) is 0. The van der Waals surface area contributed by atoms with Gasteiger partial charge in [-0.3, -0.25) is 14.8 Å². The van der Waals surface area contributed by atoms with Gasteiger partial charge in [-0.2, -0.15) is 5.06 Å². The molecule has 0 fully saturated rings. The molecule has 0 aliphatic carbocycles. The lowest BCUT2D eigenvalue weighted by Gasteiger charge is -2.15. The van der Waals surface area contributed by atoms with Crippen LogP contribution in [0.5, 0.6) is 0 Å². The summed E-state index contributed by atoms with van der Waals surface area (Å²) >= 11 is 1.30. The number of hydrogen-bond acceptors (Lipinski definition) is 5. The highest BCUT2D eigenvalue weighted by Gasteiger charge is 2.33. The van der Waals surface area contributed by atoms with Crippen LogP contribution in [0.1, 0.15) is 13.8 Å². The zero-order chi connectivity index (χ0) is 10.7. The van der Waals surface area contributed by atoms with Crippen LogP contribution in [0, 0.1) is 0 Å². The predicted octanol–water partition coefficient (Wildman–Crippen LogP) is 0.744. The fraction of sp³-hybridized carbons (Fsp3) is 0.500. The molecule has 0 aromatic rings. The van der Waals surface area contributed by atoms with Crippen molar-refractivity contribution >= 4 is 23.6 Å². The van der Waals surface area contributed by atoms with Crippen LogP contribution in [0.4, 0.5) is 0 Å². The van der Waals surface area contributed by atoms with Crippen molar-refractivity contribution in [1.29, 1.82) is 0 Å². The van der Waals surface area contributed by atoms with E-state index in [0.717, 1.165) is 5.75 Å². The van der Waals surface area contributed by atoms with Crippen LogP contribution in [0.3, 0.4) is 0 Å². The second kappa shape index (κ2) is 4.47. The average Bonchev–Trinajstić information content (AvgIpc) is 2.34. The van der Waals surface area contributed by atoms with E-state index in [0.29, 0.717) is 9.97 Å². The molecule has 1 atom stereocenters. The smallest absolute Gasteiger partial charge is 0.304 e. The van der Waals surface area contributed by atoms with E-state index in [4.69, 9.17) is 4.74 Å². The molecule has 1 amide bonds. The molecule has 14 heavy (non-hydrogen) atoms. The van der Waals surface area contributed by atoms with Crippen LogP contribution in [0.15, 0.2) is 11.0 Å². The Labute approximate surface area is 85.7 Å². The summed E-state index contributed by atoms with van der Waals surface area (Å²) in [6, 6.07) is 0. The Hall–Kier alpha value is -1.01. The van der Waals surface area contributed by atoms with Crippen molar-refractivity contribution in [2.24, 2.45) is 0 Å². The molecule has 0 bridgehead atoms. The third kappa shape index (κ3) is 2.27. The summed E-state index contributed by atoms with van der Waals surface area (Å²) in [6.45, 7) is 3.11. The van der Waals surface area contributed by atoms with E-state index in [1.165, 1.54) is 24.8 Å². The molecular weight excluding hydrogens is 206 g/mol. The van der Waals surface area contributed by atoms with Crippen LogP contribution >= 0.6 is 11.8 Å². The zero-order valence-electron chi connectivity index (χ0n) is 7.89. The van der Waals surface area contributed by atoms with Crippen molar-refractivity contribution in [3.63, 3.8) is 0 Å².